The van der Waals surface area contributed by atoms with Crippen molar-refractivity contribution in [1.29, 1.82) is 0 Å². The van der Waals surface area contributed by atoms with Gasteiger partial charge in [0.25, 0.3) is 0 Å². The number of rotatable bonds is 6. The van der Waals surface area contributed by atoms with E-state index >= 15 is 0 Å². The first-order valence-corrected chi connectivity index (χ1v) is 15.5. The summed E-state index contributed by atoms with van der Waals surface area (Å²) in [4.78, 5) is 26.0. The molecule has 2 aromatic carbocycles. The van der Waals surface area contributed by atoms with Crippen molar-refractivity contribution in [2.75, 3.05) is 19.7 Å². The smallest absolute Gasteiger partial charge is 0.338 e. The van der Waals surface area contributed by atoms with Crippen LogP contribution in [-0.2, 0) is 9.47 Å². The number of hydrogen-bond acceptors (Lipinski definition) is 5. The van der Waals surface area contributed by atoms with Crippen molar-refractivity contribution < 1.29 is 28.7 Å². The number of carbonyl (C=O) groups is 2. The number of fused-ring (bicyclic) bond motifs is 1. The number of carbonyl (C=O) groups excluding carboxylic acids is 2. The lowest BCUT2D eigenvalue weighted by Gasteiger charge is -2.64. The van der Waals surface area contributed by atoms with E-state index in [0.29, 0.717) is 36.1 Å². The van der Waals surface area contributed by atoms with Crippen LogP contribution in [0.1, 0.15) is 73.1 Å². The molecule has 4 saturated carbocycles. The number of benzene rings is 2. The Bertz CT molecular complexity index is 1360. The summed E-state index contributed by atoms with van der Waals surface area (Å²) < 4.78 is 14.6. The third-order valence-corrected chi connectivity index (χ3v) is 12.0. The van der Waals surface area contributed by atoms with Crippen molar-refractivity contribution >= 4 is 18.2 Å². The van der Waals surface area contributed by atoms with Gasteiger partial charge in [-0.1, -0.05) is 56.7 Å². The first kappa shape index (κ1) is 26.9. The summed E-state index contributed by atoms with van der Waals surface area (Å²) in [7, 11) is 0. The highest BCUT2D eigenvalue weighted by atomic mass is 16.5. The zero-order chi connectivity index (χ0) is 28.4. The van der Waals surface area contributed by atoms with Gasteiger partial charge < -0.3 is 14.6 Å². The Morgan fingerprint density at radius 1 is 0.951 bits per heavy atom. The molecule has 2 aromatic rings. The van der Waals surface area contributed by atoms with Gasteiger partial charge in [0, 0.05) is 10.8 Å². The molecule has 216 valence electrons. The normalized spacial score (nSPS) is 40.2. The monoisotopic (exact) mass is 556 g/mol. The van der Waals surface area contributed by atoms with Crippen LogP contribution in [0.15, 0.2) is 60.7 Å². The Labute approximate surface area is 242 Å². The van der Waals surface area contributed by atoms with Gasteiger partial charge >= 0.3 is 11.9 Å². The minimum absolute atomic E-state index is 0.0415. The second-order valence-electron chi connectivity index (χ2n) is 13.9. The molecule has 7 rings (SSSR count). The van der Waals surface area contributed by atoms with Crippen LogP contribution in [0.5, 0.6) is 0 Å². The lowest BCUT2D eigenvalue weighted by Crippen LogP contribution is -2.69. The number of nitrogens with zero attached hydrogens (tertiary/aromatic N) is 1. The summed E-state index contributed by atoms with van der Waals surface area (Å²) in [5.41, 5.74) is 0.762. The minimum atomic E-state index is -0.473. The van der Waals surface area contributed by atoms with Crippen molar-refractivity contribution in [3.05, 3.63) is 71.8 Å². The maximum atomic E-state index is 13.4. The van der Waals surface area contributed by atoms with Crippen LogP contribution in [0.4, 0.5) is 0 Å². The van der Waals surface area contributed by atoms with E-state index in [-0.39, 0.29) is 40.7 Å². The first-order valence-electron chi connectivity index (χ1n) is 15.5. The molecule has 0 saturated heterocycles. The van der Waals surface area contributed by atoms with Crippen molar-refractivity contribution in [2.45, 2.75) is 64.6 Å². The summed E-state index contributed by atoms with van der Waals surface area (Å²) in [5, 5.41) is 11.9. The molecule has 0 radical (unpaired) electrons. The summed E-state index contributed by atoms with van der Waals surface area (Å²) in [6, 6.07) is 18.5. The van der Waals surface area contributed by atoms with Crippen molar-refractivity contribution in [1.82, 2.24) is 0 Å². The molecule has 1 aliphatic heterocycles. The molecule has 6 heteroatoms. The van der Waals surface area contributed by atoms with Crippen molar-refractivity contribution in [3.8, 4) is 0 Å². The third kappa shape index (κ3) is 4.04. The molecule has 0 unspecified atom stereocenters. The van der Waals surface area contributed by atoms with Gasteiger partial charge in [-0.3, -0.25) is 0 Å². The average molecular weight is 557 g/mol. The average Bonchev–Trinajstić information content (AvgIpc) is 3.50. The number of aliphatic hydroxyl groups excluding tert-OH is 1. The van der Waals surface area contributed by atoms with Gasteiger partial charge in [0.1, 0.15) is 25.5 Å². The molecule has 4 bridgehead atoms. The Morgan fingerprint density at radius 2 is 1.63 bits per heavy atom. The molecule has 1 spiro atoms. The molecule has 41 heavy (non-hydrogen) atoms. The van der Waals surface area contributed by atoms with Crippen molar-refractivity contribution in [2.24, 2.45) is 39.9 Å². The summed E-state index contributed by atoms with van der Waals surface area (Å²) in [6.07, 6.45) is 7.97. The number of esters is 2. The third-order valence-electron chi connectivity index (χ3n) is 12.0. The quantitative estimate of drug-likeness (QED) is 0.382. The van der Waals surface area contributed by atoms with E-state index in [2.05, 4.69) is 24.6 Å². The number of hydrogen-bond donors (Lipinski definition) is 1. The highest BCUT2D eigenvalue weighted by Crippen LogP contribution is 2.75. The highest BCUT2D eigenvalue weighted by molar-refractivity contribution is 5.90. The van der Waals surface area contributed by atoms with E-state index in [1.807, 2.05) is 48.5 Å². The second kappa shape index (κ2) is 9.79. The van der Waals surface area contributed by atoms with Crippen LogP contribution in [0, 0.1) is 39.9 Å². The molecular formula is C35H42NO5+. The Hall–Kier alpha value is -2.99. The van der Waals surface area contributed by atoms with Gasteiger partial charge in [0.05, 0.1) is 22.6 Å². The molecule has 5 aliphatic rings. The largest absolute Gasteiger partial charge is 0.458 e. The number of ether oxygens (including phenoxy) is 2. The molecule has 1 heterocycles. The Morgan fingerprint density at radius 3 is 2.32 bits per heavy atom. The van der Waals surface area contributed by atoms with Crippen LogP contribution >= 0.6 is 0 Å². The van der Waals surface area contributed by atoms with Crippen LogP contribution in [0.2, 0.25) is 0 Å². The Kier molecular flexibility index (Phi) is 6.42. The van der Waals surface area contributed by atoms with Gasteiger partial charge in [-0.2, -0.15) is 0 Å². The molecule has 6 nitrogen and oxygen atoms in total. The van der Waals surface area contributed by atoms with Gasteiger partial charge in [-0.15, -0.1) is 0 Å². The van der Waals surface area contributed by atoms with Crippen molar-refractivity contribution in [3.63, 3.8) is 0 Å². The molecule has 1 N–H and O–H groups in total. The minimum Gasteiger partial charge on any atom is -0.458 e. The summed E-state index contributed by atoms with van der Waals surface area (Å²) in [5.74, 6) is 0.765. The van der Waals surface area contributed by atoms with Gasteiger partial charge in [-0.25, -0.2) is 14.2 Å². The number of aliphatic hydroxyl groups is 1. The lowest BCUT2D eigenvalue weighted by molar-refractivity contribution is -0.559. The topological polar surface area (TPSA) is 75.8 Å². The SMILES string of the molecule is C[C@@H]1[C@@H]2C[C@@H]3[C@]45C=[N+](CCOC(=O)c6ccccc6)C[C@](C)(CCC4)[C@@H]5C[C@@H](OC(=O)c4ccccc4)[C@]3(C2)[C@H]1O. The van der Waals surface area contributed by atoms with E-state index in [1.54, 1.807) is 12.1 Å². The lowest BCUT2D eigenvalue weighted by atomic mass is 9.40. The van der Waals surface area contributed by atoms with Crippen LogP contribution < -0.4 is 0 Å². The predicted molar refractivity (Wildman–Crippen MR) is 155 cm³/mol. The predicted octanol–water partition coefficient (Wildman–Crippen LogP) is 5.39. The summed E-state index contributed by atoms with van der Waals surface area (Å²) >= 11 is 0. The maximum absolute atomic E-state index is 13.4. The fraction of sp³-hybridized carbons (Fsp3) is 0.571. The molecule has 4 aliphatic carbocycles. The molecule has 4 fully saturated rings. The second-order valence-corrected chi connectivity index (χ2v) is 13.9. The first-order chi connectivity index (χ1) is 19.8. The van der Waals surface area contributed by atoms with Crippen LogP contribution in [0.25, 0.3) is 0 Å². The fourth-order valence-corrected chi connectivity index (χ4v) is 10.4. The standard InChI is InChI=1S/C35H42NO5/c1-23-26-18-28-34-15-9-14-33(2,21-36(22-34)16-17-40-31(38)24-10-5-3-6-11-24)27(34)19-29(35(28,20-26)30(23)37)41-32(39)25-12-7-4-8-13-25/h3-8,10-13,22-23,26-30,37H,9,14-21H2,1-2H3/q+1/t23-,26-,27+,28-,29-,30+,33+,34+,35-/m1/s1. The van der Waals surface area contributed by atoms with Crippen LogP contribution in [0.3, 0.4) is 0 Å². The van der Waals surface area contributed by atoms with E-state index in [0.717, 1.165) is 38.6 Å². The van der Waals surface area contributed by atoms with Gasteiger partial charge in [0.15, 0.2) is 6.54 Å². The van der Waals surface area contributed by atoms with E-state index < -0.39 is 11.5 Å². The highest BCUT2D eigenvalue weighted by Gasteiger charge is 2.76. The van der Waals surface area contributed by atoms with Gasteiger partial charge in [0.2, 0.25) is 0 Å². The summed E-state index contributed by atoms with van der Waals surface area (Å²) in [6.45, 7) is 6.52. The molecular weight excluding hydrogens is 514 g/mol. The van der Waals surface area contributed by atoms with Crippen LogP contribution in [-0.4, -0.2) is 59.7 Å². The van der Waals surface area contributed by atoms with E-state index in [9.17, 15) is 14.7 Å². The van der Waals surface area contributed by atoms with Gasteiger partial charge in [-0.05, 0) is 80.0 Å². The molecule has 9 atom stereocenters. The van der Waals surface area contributed by atoms with E-state index in [1.165, 1.54) is 6.42 Å². The fourth-order valence-electron chi connectivity index (χ4n) is 10.4. The maximum Gasteiger partial charge on any atom is 0.338 e. The van der Waals surface area contributed by atoms with E-state index in [4.69, 9.17) is 9.47 Å². The Balaban J connectivity index is 1.20. The molecule has 0 aromatic heterocycles. The molecule has 0 amide bonds. The zero-order valence-corrected chi connectivity index (χ0v) is 24.2. The zero-order valence-electron chi connectivity index (χ0n) is 24.2.